The highest BCUT2D eigenvalue weighted by Crippen LogP contribution is 2.35. The molecule has 11 heteroatoms. The van der Waals surface area contributed by atoms with Gasteiger partial charge in [0.15, 0.2) is 10.1 Å². The van der Waals surface area contributed by atoms with Crippen molar-refractivity contribution in [3.63, 3.8) is 0 Å². The second-order valence-electron chi connectivity index (χ2n) is 3.77. The highest BCUT2D eigenvalue weighted by molar-refractivity contribution is 7.86. The SMILES string of the molecule is CC[NH+](CC)CC.O=S(=O)([O-])C(F)(F)C(O)C(F)(F)F. The molecule has 0 aliphatic carbocycles. The highest BCUT2D eigenvalue weighted by Gasteiger charge is 2.59. The average Bonchev–Trinajstić information content (AvgIpc) is 2.28. The molecular weight excluding hydrogens is 313 g/mol. The minimum Gasteiger partial charge on any atom is -0.743 e. The van der Waals surface area contributed by atoms with Gasteiger partial charge in [0.25, 0.3) is 0 Å². The van der Waals surface area contributed by atoms with E-state index in [4.69, 9.17) is 5.11 Å². The van der Waals surface area contributed by atoms with Crippen LogP contribution in [0.5, 0.6) is 0 Å². The van der Waals surface area contributed by atoms with E-state index in [0.29, 0.717) is 0 Å². The first-order valence-electron chi connectivity index (χ1n) is 5.67. The Labute approximate surface area is 114 Å². The van der Waals surface area contributed by atoms with Gasteiger partial charge in [-0.25, -0.2) is 8.42 Å². The third kappa shape index (κ3) is 6.77. The van der Waals surface area contributed by atoms with E-state index in [-0.39, 0.29) is 0 Å². The molecule has 0 bridgehead atoms. The summed E-state index contributed by atoms with van der Waals surface area (Å²) in [6, 6.07) is 0. The van der Waals surface area contributed by atoms with Crippen LogP contribution in [0.3, 0.4) is 0 Å². The Balaban J connectivity index is 0. The van der Waals surface area contributed by atoms with E-state index in [9.17, 15) is 34.9 Å². The number of aliphatic hydroxyl groups excluding tert-OH is 1. The quantitative estimate of drug-likeness (QED) is 0.548. The van der Waals surface area contributed by atoms with Gasteiger partial charge in [-0.15, -0.1) is 0 Å². The topological polar surface area (TPSA) is 81.9 Å². The second-order valence-corrected chi connectivity index (χ2v) is 5.22. The molecule has 0 spiro atoms. The zero-order valence-corrected chi connectivity index (χ0v) is 12.0. The van der Waals surface area contributed by atoms with Crippen LogP contribution in [-0.4, -0.2) is 55.2 Å². The van der Waals surface area contributed by atoms with Crippen molar-refractivity contribution >= 4 is 10.1 Å². The molecule has 0 amide bonds. The van der Waals surface area contributed by atoms with Crippen molar-refractivity contribution in [2.24, 2.45) is 0 Å². The molecule has 0 radical (unpaired) electrons. The molecule has 1 atom stereocenters. The van der Waals surface area contributed by atoms with Gasteiger partial charge in [-0.05, 0) is 20.8 Å². The van der Waals surface area contributed by atoms with Gasteiger partial charge < -0.3 is 14.6 Å². The minimum atomic E-state index is -6.54. The molecule has 0 fully saturated rings. The Kier molecular flexibility index (Phi) is 8.77. The van der Waals surface area contributed by atoms with E-state index in [1.54, 1.807) is 4.90 Å². The molecule has 0 aliphatic rings. The molecule has 0 saturated heterocycles. The van der Waals surface area contributed by atoms with Crippen LogP contribution in [0.2, 0.25) is 0 Å². The maximum Gasteiger partial charge on any atom is 0.421 e. The number of rotatable bonds is 5. The van der Waals surface area contributed by atoms with E-state index < -0.39 is 27.7 Å². The van der Waals surface area contributed by atoms with Gasteiger partial charge in [0, 0.05) is 0 Å². The van der Waals surface area contributed by atoms with Gasteiger partial charge in [-0.2, -0.15) is 22.0 Å². The summed E-state index contributed by atoms with van der Waals surface area (Å²) >= 11 is 0. The summed E-state index contributed by atoms with van der Waals surface area (Å²) in [4.78, 5) is 1.68. The number of nitrogens with one attached hydrogen (secondary N) is 1. The largest absolute Gasteiger partial charge is 0.743 e. The van der Waals surface area contributed by atoms with Crippen molar-refractivity contribution in [2.75, 3.05) is 19.6 Å². The molecular formula is C9H18F5NO4S. The third-order valence-corrected chi connectivity index (χ3v) is 3.35. The fourth-order valence-corrected chi connectivity index (χ4v) is 1.48. The normalized spacial score (nSPS) is 14.8. The van der Waals surface area contributed by atoms with Crippen molar-refractivity contribution < 1.29 is 44.9 Å². The molecule has 0 heterocycles. The standard InChI is InChI=1S/C6H15N.C3H3F5O4S/c1-4-7(5-2)6-3;4-2(5,6)1(9)3(7,8)13(10,11)12/h4-6H2,1-3H3;1,9H,(H,10,11,12). The summed E-state index contributed by atoms with van der Waals surface area (Å²) in [6.07, 6.45) is -10.4. The number of alkyl halides is 5. The molecule has 124 valence electrons. The van der Waals surface area contributed by atoms with Crippen molar-refractivity contribution in [2.45, 2.75) is 38.3 Å². The van der Waals surface area contributed by atoms with Crippen molar-refractivity contribution in [3.05, 3.63) is 0 Å². The van der Waals surface area contributed by atoms with Crippen molar-refractivity contribution in [1.82, 2.24) is 0 Å². The molecule has 5 nitrogen and oxygen atoms in total. The fraction of sp³-hybridized carbons (Fsp3) is 1.00. The lowest BCUT2D eigenvalue weighted by molar-refractivity contribution is -0.894. The molecule has 2 N–H and O–H groups in total. The summed E-state index contributed by atoms with van der Waals surface area (Å²) in [5, 5.41) is 2.02. The molecule has 0 aromatic carbocycles. The van der Waals surface area contributed by atoms with Gasteiger partial charge in [0.05, 0.1) is 19.6 Å². The molecule has 0 aromatic heterocycles. The monoisotopic (exact) mass is 331 g/mol. The van der Waals surface area contributed by atoms with Gasteiger partial charge >= 0.3 is 11.4 Å². The van der Waals surface area contributed by atoms with Crippen LogP contribution in [0.1, 0.15) is 20.8 Å². The van der Waals surface area contributed by atoms with Crippen molar-refractivity contribution in [3.8, 4) is 0 Å². The van der Waals surface area contributed by atoms with Crippen LogP contribution in [0.4, 0.5) is 22.0 Å². The summed E-state index contributed by atoms with van der Waals surface area (Å²) < 4.78 is 86.7. The van der Waals surface area contributed by atoms with Crippen molar-refractivity contribution in [1.29, 1.82) is 0 Å². The maximum atomic E-state index is 11.9. The Bertz CT molecular complexity index is 362. The molecule has 0 saturated carbocycles. The molecule has 1 unspecified atom stereocenters. The van der Waals surface area contributed by atoms with E-state index in [0.717, 1.165) is 0 Å². The van der Waals surface area contributed by atoms with Crippen LogP contribution in [0.25, 0.3) is 0 Å². The van der Waals surface area contributed by atoms with Crippen LogP contribution >= 0.6 is 0 Å². The number of halogens is 5. The summed E-state index contributed by atoms with van der Waals surface area (Å²) in [5.74, 6) is 0. The number of quaternary nitrogens is 1. The Hall–Kier alpha value is -0.520. The summed E-state index contributed by atoms with van der Waals surface area (Å²) in [6.45, 7) is 10.5. The fourth-order valence-electron chi connectivity index (χ4n) is 1.08. The van der Waals surface area contributed by atoms with Gasteiger partial charge in [0.1, 0.15) is 0 Å². The zero-order chi connectivity index (χ0) is 16.8. The van der Waals surface area contributed by atoms with E-state index in [1.165, 1.54) is 19.6 Å². The highest BCUT2D eigenvalue weighted by atomic mass is 32.2. The van der Waals surface area contributed by atoms with Crippen LogP contribution in [-0.2, 0) is 10.1 Å². The maximum absolute atomic E-state index is 11.9. The number of hydrogen-bond acceptors (Lipinski definition) is 4. The second kappa shape index (κ2) is 8.05. The van der Waals surface area contributed by atoms with E-state index in [1.807, 2.05) is 0 Å². The lowest BCUT2D eigenvalue weighted by Gasteiger charge is -2.26. The molecule has 0 aromatic rings. The lowest BCUT2D eigenvalue weighted by Crippen LogP contribution is -3.11. The smallest absolute Gasteiger partial charge is 0.421 e. The van der Waals surface area contributed by atoms with Crippen LogP contribution in [0.15, 0.2) is 0 Å². The molecule has 20 heavy (non-hydrogen) atoms. The Morgan fingerprint density at radius 3 is 1.40 bits per heavy atom. The van der Waals surface area contributed by atoms with Crippen LogP contribution < -0.4 is 4.90 Å². The van der Waals surface area contributed by atoms with Gasteiger partial charge in [0.2, 0.25) is 6.10 Å². The Morgan fingerprint density at radius 1 is 1.05 bits per heavy atom. The van der Waals surface area contributed by atoms with Gasteiger partial charge in [-0.3, -0.25) is 0 Å². The minimum absolute atomic E-state index is 1.27. The predicted molar refractivity (Wildman–Crippen MR) is 59.3 cm³/mol. The average molecular weight is 331 g/mol. The first-order valence-corrected chi connectivity index (χ1v) is 7.07. The lowest BCUT2D eigenvalue weighted by atomic mass is 10.4. The first-order chi connectivity index (χ1) is 8.75. The molecule has 0 rings (SSSR count). The third-order valence-electron chi connectivity index (χ3n) is 2.46. The number of hydrogen-bond donors (Lipinski definition) is 2. The summed E-state index contributed by atoms with van der Waals surface area (Å²) in [7, 11) is -6.54. The van der Waals surface area contributed by atoms with E-state index in [2.05, 4.69) is 20.8 Å². The number of aliphatic hydroxyl groups is 1. The van der Waals surface area contributed by atoms with Gasteiger partial charge in [-0.1, -0.05) is 0 Å². The Morgan fingerprint density at radius 2 is 1.35 bits per heavy atom. The summed E-state index contributed by atoms with van der Waals surface area (Å²) in [5.41, 5.74) is 0. The molecule has 0 aliphatic heterocycles. The predicted octanol–water partition coefficient (Wildman–Crippen LogP) is -0.0214. The first kappa shape index (κ1) is 21.8. The van der Waals surface area contributed by atoms with Crippen LogP contribution in [0, 0.1) is 0 Å². The zero-order valence-electron chi connectivity index (χ0n) is 11.2. The van der Waals surface area contributed by atoms with E-state index >= 15 is 0 Å².